The van der Waals surface area contributed by atoms with E-state index in [1.807, 2.05) is 0 Å². The first-order chi connectivity index (χ1) is 12.8. The van der Waals surface area contributed by atoms with Crippen molar-refractivity contribution in [1.82, 2.24) is 14.7 Å². The minimum atomic E-state index is -0.773. The van der Waals surface area contributed by atoms with Crippen LogP contribution in [-0.4, -0.2) is 58.7 Å². The fourth-order valence-corrected chi connectivity index (χ4v) is 4.32. The van der Waals surface area contributed by atoms with E-state index in [-0.39, 0.29) is 24.9 Å². The summed E-state index contributed by atoms with van der Waals surface area (Å²) in [7, 11) is 3.27. The van der Waals surface area contributed by atoms with Crippen LogP contribution in [0.25, 0.3) is 0 Å². The largest absolute Gasteiger partial charge is 0.340 e. The van der Waals surface area contributed by atoms with E-state index in [1.165, 1.54) is 9.80 Å². The number of rotatable bonds is 4. The molecule has 1 spiro atoms. The lowest BCUT2D eigenvalue weighted by Gasteiger charge is -2.35. The lowest BCUT2D eigenvalue weighted by Crippen LogP contribution is -2.49. The molecule has 1 aliphatic carbocycles. The Morgan fingerprint density at radius 2 is 1.85 bits per heavy atom. The maximum absolute atomic E-state index is 13.0. The number of hydrogen-bond acceptors (Lipinski definition) is 3. The van der Waals surface area contributed by atoms with Crippen molar-refractivity contribution in [1.29, 1.82) is 0 Å². The van der Waals surface area contributed by atoms with Gasteiger partial charge in [-0.3, -0.25) is 14.5 Å². The standard InChI is InChI=1S/C19H23Cl2N3O3/c1-22(11-13-7-6-8-14(20)16(13)21)15(25)12-24-17(26)19(23(2)18(24)27)9-4-3-5-10-19/h6-8H,3-5,9-12H2,1-2H3. The topological polar surface area (TPSA) is 60.9 Å². The number of nitrogens with zero attached hydrogens (tertiary/aromatic N) is 3. The van der Waals surface area contributed by atoms with E-state index >= 15 is 0 Å². The second-order valence-electron chi connectivity index (χ2n) is 7.29. The molecule has 0 N–H and O–H groups in total. The summed E-state index contributed by atoms with van der Waals surface area (Å²) in [5.41, 5.74) is -0.0651. The molecule has 4 amide bonds. The molecular formula is C19H23Cl2N3O3. The number of imide groups is 1. The number of benzene rings is 1. The highest BCUT2D eigenvalue weighted by Crippen LogP contribution is 2.39. The Morgan fingerprint density at radius 1 is 1.19 bits per heavy atom. The summed E-state index contributed by atoms with van der Waals surface area (Å²) in [5, 5.41) is 0.814. The fourth-order valence-electron chi connectivity index (χ4n) is 3.94. The van der Waals surface area contributed by atoms with Crippen molar-refractivity contribution in [3.63, 3.8) is 0 Å². The molecule has 3 rings (SSSR count). The summed E-state index contributed by atoms with van der Waals surface area (Å²) >= 11 is 12.2. The van der Waals surface area contributed by atoms with Gasteiger partial charge in [0, 0.05) is 20.6 Å². The molecule has 0 unspecified atom stereocenters. The van der Waals surface area contributed by atoms with Gasteiger partial charge >= 0.3 is 6.03 Å². The molecule has 1 aliphatic heterocycles. The van der Waals surface area contributed by atoms with E-state index in [2.05, 4.69) is 0 Å². The molecule has 1 heterocycles. The van der Waals surface area contributed by atoms with Crippen molar-refractivity contribution >= 4 is 41.0 Å². The van der Waals surface area contributed by atoms with Crippen LogP contribution in [0.5, 0.6) is 0 Å². The predicted molar refractivity (Wildman–Crippen MR) is 104 cm³/mol. The summed E-state index contributed by atoms with van der Waals surface area (Å²) < 4.78 is 0. The smallest absolute Gasteiger partial charge is 0.327 e. The van der Waals surface area contributed by atoms with E-state index in [1.54, 1.807) is 32.3 Å². The van der Waals surface area contributed by atoms with E-state index in [0.29, 0.717) is 28.5 Å². The Morgan fingerprint density at radius 3 is 2.52 bits per heavy atom. The molecule has 1 saturated carbocycles. The van der Waals surface area contributed by atoms with Gasteiger partial charge in [0.25, 0.3) is 5.91 Å². The van der Waals surface area contributed by atoms with Crippen LogP contribution in [0.15, 0.2) is 18.2 Å². The summed E-state index contributed by atoms with van der Waals surface area (Å²) in [6.45, 7) is -0.0200. The second kappa shape index (κ2) is 7.68. The average molecular weight is 412 g/mol. The van der Waals surface area contributed by atoms with Gasteiger partial charge in [0.05, 0.1) is 10.0 Å². The van der Waals surface area contributed by atoms with E-state index in [0.717, 1.165) is 24.2 Å². The molecule has 1 saturated heterocycles. The molecular weight excluding hydrogens is 389 g/mol. The lowest BCUT2D eigenvalue weighted by atomic mass is 9.81. The van der Waals surface area contributed by atoms with Crippen molar-refractivity contribution in [2.45, 2.75) is 44.2 Å². The predicted octanol–water partition coefficient (Wildman–Crippen LogP) is 3.55. The van der Waals surface area contributed by atoms with Crippen molar-refractivity contribution in [2.75, 3.05) is 20.6 Å². The van der Waals surface area contributed by atoms with Crippen molar-refractivity contribution in [3.8, 4) is 0 Å². The van der Waals surface area contributed by atoms with Crippen molar-refractivity contribution in [3.05, 3.63) is 33.8 Å². The Bertz CT molecular complexity index is 777. The maximum Gasteiger partial charge on any atom is 0.327 e. The van der Waals surface area contributed by atoms with Crippen LogP contribution in [0.4, 0.5) is 4.79 Å². The zero-order valence-corrected chi connectivity index (χ0v) is 17.0. The molecule has 0 atom stereocenters. The summed E-state index contributed by atoms with van der Waals surface area (Å²) in [6.07, 6.45) is 4.22. The van der Waals surface area contributed by atoms with E-state index in [9.17, 15) is 14.4 Å². The number of likely N-dealkylation sites (N-methyl/N-ethyl adjacent to an activating group) is 2. The summed E-state index contributed by atoms with van der Waals surface area (Å²) in [6, 6.07) is 4.83. The Balaban J connectivity index is 1.70. The normalized spacial score (nSPS) is 19.1. The van der Waals surface area contributed by atoms with Crippen molar-refractivity contribution < 1.29 is 14.4 Å². The molecule has 146 valence electrons. The zero-order chi connectivity index (χ0) is 19.8. The Kier molecular flexibility index (Phi) is 5.68. The zero-order valence-electron chi connectivity index (χ0n) is 15.5. The number of urea groups is 1. The minimum Gasteiger partial charge on any atom is -0.340 e. The van der Waals surface area contributed by atoms with Crippen LogP contribution in [0.1, 0.15) is 37.7 Å². The third-order valence-electron chi connectivity index (χ3n) is 5.64. The summed E-state index contributed by atoms with van der Waals surface area (Å²) in [4.78, 5) is 42.3. The second-order valence-corrected chi connectivity index (χ2v) is 8.07. The number of hydrogen-bond donors (Lipinski definition) is 0. The number of carbonyl (C=O) groups is 3. The van der Waals surface area contributed by atoms with Crippen LogP contribution in [0.3, 0.4) is 0 Å². The Labute approximate surface area is 169 Å². The van der Waals surface area contributed by atoms with E-state index in [4.69, 9.17) is 23.2 Å². The number of halogens is 2. The molecule has 6 nitrogen and oxygen atoms in total. The summed E-state index contributed by atoms with van der Waals surface area (Å²) in [5.74, 6) is -0.578. The van der Waals surface area contributed by atoms with Crippen LogP contribution in [-0.2, 0) is 16.1 Å². The SMILES string of the molecule is CN(Cc1cccc(Cl)c1Cl)C(=O)CN1C(=O)N(C)C2(CCCCC2)C1=O. The van der Waals surface area contributed by atoms with Crippen LogP contribution < -0.4 is 0 Å². The third-order valence-corrected chi connectivity index (χ3v) is 6.50. The van der Waals surface area contributed by atoms with Gasteiger partial charge in [0.1, 0.15) is 12.1 Å². The van der Waals surface area contributed by atoms with Gasteiger partial charge in [-0.1, -0.05) is 54.6 Å². The van der Waals surface area contributed by atoms with Gasteiger partial charge in [-0.05, 0) is 24.5 Å². The average Bonchev–Trinajstić information content (AvgIpc) is 2.82. The highest BCUT2D eigenvalue weighted by Gasteiger charge is 2.55. The van der Waals surface area contributed by atoms with Crippen LogP contribution in [0, 0.1) is 0 Å². The number of carbonyl (C=O) groups excluding carboxylic acids is 3. The van der Waals surface area contributed by atoms with Gasteiger partial charge in [-0.15, -0.1) is 0 Å². The first-order valence-corrected chi connectivity index (χ1v) is 9.80. The van der Waals surface area contributed by atoms with Gasteiger partial charge in [-0.25, -0.2) is 4.79 Å². The highest BCUT2D eigenvalue weighted by molar-refractivity contribution is 6.42. The van der Waals surface area contributed by atoms with E-state index < -0.39 is 11.6 Å². The molecule has 1 aromatic carbocycles. The molecule has 2 fully saturated rings. The molecule has 27 heavy (non-hydrogen) atoms. The maximum atomic E-state index is 13.0. The molecule has 0 aromatic heterocycles. The minimum absolute atomic E-state index is 0.245. The third kappa shape index (κ3) is 3.52. The molecule has 0 radical (unpaired) electrons. The monoisotopic (exact) mass is 411 g/mol. The van der Waals surface area contributed by atoms with Gasteiger partial charge in [-0.2, -0.15) is 0 Å². The van der Waals surface area contributed by atoms with Crippen LogP contribution in [0.2, 0.25) is 10.0 Å². The fraction of sp³-hybridized carbons (Fsp3) is 0.526. The van der Waals surface area contributed by atoms with Crippen molar-refractivity contribution in [2.24, 2.45) is 0 Å². The highest BCUT2D eigenvalue weighted by atomic mass is 35.5. The van der Waals surface area contributed by atoms with Gasteiger partial charge in [0.15, 0.2) is 0 Å². The Hall–Kier alpha value is -1.79. The van der Waals surface area contributed by atoms with Gasteiger partial charge in [0.2, 0.25) is 5.91 Å². The first kappa shape index (κ1) is 20.0. The quantitative estimate of drug-likeness (QED) is 0.711. The first-order valence-electron chi connectivity index (χ1n) is 9.04. The molecule has 8 heteroatoms. The lowest BCUT2D eigenvalue weighted by molar-refractivity contribution is -0.140. The molecule has 2 aliphatic rings. The number of amides is 4. The van der Waals surface area contributed by atoms with Gasteiger partial charge < -0.3 is 9.80 Å². The van der Waals surface area contributed by atoms with Crippen LogP contribution >= 0.6 is 23.2 Å². The molecule has 1 aromatic rings. The molecule has 0 bridgehead atoms.